The maximum absolute atomic E-state index is 12.7. The number of hydrogen-bond donors (Lipinski definition) is 2. The highest BCUT2D eigenvalue weighted by atomic mass is 16.6. The number of pyridine rings is 1. The summed E-state index contributed by atoms with van der Waals surface area (Å²) in [7, 11) is 1.52. The summed E-state index contributed by atoms with van der Waals surface area (Å²) in [5, 5.41) is 25.6. The van der Waals surface area contributed by atoms with Gasteiger partial charge in [-0.05, 0) is 42.0 Å². The lowest BCUT2D eigenvalue weighted by Crippen LogP contribution is -2.32. The lowest BCUT2D eigenvalue weighted by molar-refractivity contribution is -0.383. The number of nitro groups is 1. The van der Waals surface area contributed by atoms with E-state index < -0.39 is 17.1 Å². The summed E-state index contributed by atoms with van der Waals surface area (Å²) in [6.45, 7) is 0. The molecule has 0 bridgehead atoms. The highest BCUT2D eigenvalue weighted by Gasteiger charge is 2.27. The number of fused-ring (bicyclic) bond motifs is 1. The van der Waals surface area contributed by atoms with Crippen molar-refractivity contribution in [2.24, 2.45) is 0 Å². The first kappa shape index (κ1) is 21.6. The number of para-hydroxylation sites is 1. The Morgan fingerprint density at radius 1 is 1.06 bits per heavy atom. The van der Waals surface area contributed by atoms with Gasteiger partial charge in [-0.1, -0.05) is 30.3 Å². The number of phenolic OH excluding ortho intramolecular Hbond substituents is 1. The Labute approximate surface area is 188 Å². The number of carbonyl (C=O) groups excluding carboxylic acids is 1. The van der Waals surface area contributed by atoms with Crippen LogP contribution in [0.25, 0.3) is 10.9 Å². The molecule has 0 aliphatic carbocycles. The van der Waals surface area contributed by atoms with Crippen LogP contribution in [0, 0.1) is 10.1 Å². The molecule has 4 rings (SSSR count). The first-order chi connectivity index (χ1) is 16.0. The number of amides is 1. The lowest BCUT2D eigenvalue weighted by atomic mass is 9.95. The number of ether oxygens (including phenoxy) is 2. The minimum Gasteiger partial charge on any atom is -0.505 e. The molecule has 1 aromatic heterocycles. The molecule has 2 N–H and O–H groups in total. The molecular weight excluding hydrogens is 426 g/mol. The van der Waals surface area contributed by atoms with Crippen LogP contribution in [0.3, 0.4) is 0 Å². The summed E-state index contributed by atoms with van der Waals surface area (Å²) in [5.74, 6) is 0.621. The van der Waals surface area contributed by atoms with Crippen LogP contribution in [0.4, 0.5) is 10.5 Å². The van der Waals surface area contributed by atoms with Crippen molar-refractivity contribution >= 4 is 22.7 Å². The number of aromatic nitrogens is 1. The average molecular weight is 445 g/mol. The average Bonchev–Trinajstić information content (AvgIpc) is 2.84. The number of phenols is 1. The SMILES string of the molecule is COc1ccc(C(NC(=O)Oc2ccccc2)c2cc([N+](=O)[O-])c3cccnc3c2O)cc1. The van der Waals surface area contributed by atoms with Crippen molar-refractivity contribution in [3.63, 3.8) is 0 Å². The van der Waals surface area contributed by atoms with Crippen LogP contribution in [0.2, 0.25) is 0 Å². The zero-order chi connectivity index (χ0) is 23.4. The predicted octanol–water partition coefficient (Wildman–Crippen LogP) is 4.74. The summed E-state index contributed by atoms with van der Waals surface area (Å²) in [4.78, 5) is 28.0. The zero-order valence-corrected chi connectivity index (χ0v) is 17.5. The molecule has 0 aliphatic heterocycles. The maximum atomic E-state index is 12.7. The molecule has 166 valence electrons. The van der Waals surface area contributed by atoms with Crippen molar-refractivity contribution < 1.29 is 24.3 Å². The summed E-state index contributed by atoms with van der Waals surface area (Å²) in [6.07, 6.45) is 0.625. The fourth-order valence-corrected chi connectivity index (χ4v) is 3.48. The summed E-state index contributed by atoms with van der Waals surface area (Å²) >= 11 is 0. The number of nitrogens with zero attached hydrogens (tertiary/aromatic N) is 2. The van der Waals surface area contributed by atoms with Gasteiger partial charge in [-0.15, -0.1) is 0 Å². The third-order valence-corrected chi connectivity index (χ3v) is 5.05. The van der Waals surface area contributed by atoms with Gasteiger partial charge in [-0.25, -0.2) is 4.79 Å². The van der Waals surface area contributed by atoms with E-state index in [-0.39, 0.29) is 27.9 Å². The molecule has 1 atom stereocenters. The fourth-order valence-electron chi connectivity index (χ4n) is 3.48. The smallest absolute Gasteiger partial charge is 0.413 e. The van der Waals surface area contributed by atoms with E-state index in [2.05, 4.69) is 10.3 Å². The molecule has 0 saturated carbocycles. The molecular formula is C24H19N3O6. The molecule has 0 radical (unpaired) electrons. The number of nitro benzene ring substituents is 1. The minimum absolute atomic E-state index is 0.0541. The second-order valence-corrected chi connectivity index (χ2v) is 7.04. The van der Waals surface area contributed by atoms with Crippen molar-refractivity contribution in [2.45, 2.75) is 6.04 Å². The molecule has 0 aliphatic rings. The molecule has 9 heteroatoms. The number of methoxy groups -OCH3 is 1. The van der Waals surface area contributed by atoms with Crippen molar-refractivity contribution in [1.29, 1.82) is 0 Å². The molecule has 1 heterocycles. The number of non-ortho nitro benzene ring substituents is 1. The van der Waals surface area contributed by atoms with E-state index in [1.54, 1.807) is 60.7 Å². The first-order valence-electron chi connectivity index (χ1n) is 9.90. The van der Waals surface area contributed by atoms with E-state index in [1.807, 2.05) is 0 Å². The Morgan fingerprint density at radius 3 is 2.45 bits per heavy atom. The van der Waals surface area contributed by atoms with Crippen LogP contribution in [0.1, 0.15) is 17.2 Å². The van der Waals surface area contributed by atoms with E-state index in [9.17, 15) is 20.0 Å². The molecule has 1 amide bonds. The van der Waals surface area contributed by atoms with Crippen LogP contribution in [-0.2, 0) is 0 Å². The minimum atomic E-state index is -0.975. The molecule has 0 fully saturated rings. The second kappa shape index (κ2) is 9.23. The fraction of sp³-hybridized carbons (Fsp3) is 0.0833. The van der Waals surface area contributed by atoms with Gasteiger partial charge in [0.1, 0.15) is 22.8 Å². The first-order valence-corrected chi connectivity index (χ1v) is 9.90. The van der Waals surface area contributed by atoms with E-state index in [0.717, 1.165) is 0 Å². The molecule has 33 heavy (non-hydrogen) atoms. The molecule has 4 aromatic rings. The van der Waals surface area contributed by atoms with Gasteiger partial charge in [0.05, 0.1) is 23.5 Å². The number of nitrogens with one attached hydrogen (secondary N) is 1. The molecule has 0 saturated heterocycles. The van der Waals surface area contributed by atoms with Crippen LogP contribution in [0.15, 0.2) is 79.0 Å². The lowest BCUT2D eigenvalue weighted by Gasteiger charge is -2.21. The second-order valence-electron chi connectivity index (χ2n) is 7.04. The van der Waals surface area contributed by atoms with Gasteiger partial charge in [0, 0.05) is 17.8 Å². The number of rotatable bonds is 6. The maximum Gasteiger partial charge on any atom is 0.413 e. The largest absolute Gasteiger partial charge is 0.505 e. The third kappa shape index (κ3) is 4.52. The van der Waals surface area contributed by atoms with Gasteiger partial charge in [0.15, 0.2) is 0 Å². The molecule has 3 aromatic carbocycles. The number of aromatic hydroxyl groups is 1. The highest BCUT2D eigenvalue weighted by molar-refractivity contribution is 5.93. The Balaban J connectivity index is 1.82. The Hall–Kier alpha value is -4.66. The predicted molar refractivity (Wildman–Crippen MR) is 121 cm³/mol. The van der Waals surface area contributed by atoms with Crippen LogP contribution in [0.5, 0.6) is 17.2 Å². The van der Waals surface area contributed by atoms with Crippen LogP contribution >= 0.6 is 0 Å². The highest BCUT2D eigenvalue weighted by Crippen LogP contribution is 2.39. The Kier molecular flexibility index (Phi) is 6.03. The molecule has 0 spiro atoms. The molecule has 1 unspecified atom stereocenters. The van der Waals surface area contributed by atoms with E-state index in [0.29, 0.717) is 17.1 Å². The van der Waals surface area contributed by atoms with Crippen molar-refractivity contribution in [3.8, 4) is 17.2 Å². The Bertz CT molecular complexity index is 1310. The number of benzene rings is 3. The quantitative estimate of drug-likeness (QED) is 0.325. The van der Waals surface area contributed by atoms with Gasteiger partial charge < -0.3 is 19.9 Å². The molecule has 9 nitrogen and oxygen atoms in total. The van der Waals surface area contributed by atoms with Gasteiger partial charge in [0.2, 0.25) is 0 Å². The van der Waals surface area contributed by atoms with Crippen molar-refractivity contribution in [3.05, 3.63) is 100 Å². The zero-order valence-electron chi connectivity index (χ0n) is 17.5. The number of carbonyl (C=O) groups is 1. The van der Waals surface area contributed by atoms with E-state index in [4.69, 9.17) is 9.47 Å². The van der Waals surface area contributed by atoms with Gasteiger partial charge in [-0.3, -0.25) is 15.1 Å². The Morgan fingerprint density at radius 2 is 1.79 bits per heavy atom. The third-order valence-electron chi connectivity index (χ3n) is 5.05. The summed E-state index contributed by atoms with van der Waals surface area (Å²) in [6, 6.07) is 18.5. The number of hydrogen-bond acceptors (Lipinski definition) is 7. The van der Waals surface area contributed by atoms with Crippen molar-refractivity contribution in [2.75, 3.05) is 7.11 Å². The van der Waals surface area contributed by atoms with Gasteiger partial charge in [0.25, 0.3) is 5.69 Å². The monoisotopic (exact) mass is 445 g/mol. The topological polar surface area (TPSA) is 124 Å². The van der Waals surface area contributed by atoms with Crippen molar-refractivity contribution in [1.82, 2.24) is 10.3 Å². The van der Waals surface area contributed by atoms with Gasteiger partial charge >= 0.3 is 6.09 Å². The van der Waals surface area contributed by atoms with E-state index in [1.165, 1.54) is 25.4 Å². The van der Waals surface area contributed by atoms with Crippen LogP contribution < -0.4 is 14.8 Å². The van der Waals surface area contributed by atoms with Gasteiger partial charge in [-0.2, -0.15) is 0 Å². The van der Waals surface area contributed by atoms with Crippen LogP contribution in [-0.4, -0.2) is 28.2 Å². The summed E-state index contributed by atoms with van der Waals surface area (Å²) in [5.41, 5.74) is 0.449. The standard InChI is InChI=1S/C24H19N3O6/c1-32-16-11-9-15(10-12-16)21(26-24(29)33-17-6-3-2-4-7-17)19-14-20(27(30)31)18-8-5-13-25-22(18)23(19)28/h2-14,21,28H,1H3,(H,26,29). The van der Waals surface area contributed by atoms with E-state index >= 15 is 0 Å². The normalized spacial score (nSPS) is 11.5. The summed E-state index contributed by atoms with van der Waals surface area (Å²) < 4.78 is 10.5.